The lowest BCUT2D eigenvalue weighted by molar-refractivity contribution is -0.134. The van der Waals surface area contributed by atoms with Gasteiger partial charge >= 0.3 is 0 Å². The van der Waals surface area contributed by atoms with Gasteiger partial charge in [0.15, 0.2) is 0 Å². The van der Waals surface area contributed by atoms with E-state index in [9.17, 15) is 9.59 Å². The van der Waals surface area contributed by atoms with E-state index >= 15 is 0 Å². The SMILES string of the molecule is CSc1ccccc1[C@H]1CCCN1C(=O)CCC(=O)NCc1ccc2c(c1)[C@H]1C[C@H](N2)[C@H](OC[S+](C)C(C)(C)C)CO1. The zero-order valence-corrected chi connectivity index (χ0v) is 27.2. The number of ether oxygens (including phenoxy) is 2. The Bertz CT molecular complexity index is 1270. The average molecular weight is 613 g/mol. The molecule has 2 aromatic rings. The molecule has 2 N–H and O–H groups in total. The van der Waals surface area contributed by atoms with E-state index in [2.05, 4.69) is 74.2 Å². The van der Waals surface area contributed by atoms with Crippen LogP contribution in [0.25, 0.3) is 0 Å². The first-order valence-electron chi connectivity index (χ1n) is 15.1. The number of carbonyl (C=O) groups excluding carboxylic acids is 2. The first-order chi connectivity index (χ1) is 20.1. The zero-order valence-electron chi connectivity index (χ0n) is 25.6. The number of rotatable bonds is 10. The lowest BCUT2D eigenvalue weighted by atomic mass is 9.89. The van der Waals surface area contributed by atoms with E-state index in [0.29, 0.717) is 13.2 Å². The molecule has 2 amide bonds. The molecular weight excluding hydrogens is 567 g/mol. The van der Waals surface area contributed by atoms with Crippen LogP contribution in [0.4, 0.5) is 5.69 Å². The highest BCUT2D eigenvalue weighted by atomic mass is 32.2. The molecule has 2 aromatic carbocycles. The summed E-state index contributed by atoms with van der Waals surface area (Å²) in [6.45, 7) is 8.55. The zero-order chi connectivity index (χ0) is 29.9. The number of anilines is 1. The normalized spacial score (nSPS) is 24.1. The van der Waals surface area contributed by atoms with Crippen molar-refractivity contribution in [3.05, 3.63) is 59.2 Å². The lowest BCUT2D eigenvalue weighted by Crippen LogP contribution is -2.48. The minimum absolute atomic E-state index is 0.0338. The fourth-order valence-electron chi connectivity index (χ4n) is 5.98. The third kappa shape index (κ3) is 7.29. The van der Waals surface area contributed by atoms with Crippen LogP contribution in [0.3, 0.4) is 0 Å². The maximum absolute atomic E-state index is 13.1. The van der Waals surface area contributed by atoms with Gasteiger partial charge in [-0.15, -0.1) is 11.8 Å². The lowest BCUT2D eigenvalue weighted by Gasteiger charge is -2.42. The van der Waals surface area contributed by atoms with E-state index in [1.807, 2.05) is 17.0 Å². The summed E-state index contributed by atoms with van der Waals surface area (Å²) in [6, 6.07) is 14.9. The molecule has 3 aliphatic rings. The van der Waals surface area contributed by atoms with Gasteiger partial charge in [-0.3, -0.25) is 9.59 Å². The molecule has 7 nitrogen and oxygen atoms in total. The second-order valence-electron chi connectivity index (χ2n) is 12.6. The van der Waals surface area contributed by atoms with Crippen molar-refractivity contribution in [3.8, 4) is 0 Å². The Morgan fingerprint density at radius 3 is 2.76 bits per heavy atom. The number of hydrogen-bond donors (Lipinski definition) is 2. The Hall–Kier alpha value is -2.20. The minimum Gasteiger partial charge on any atom is -0.379 e. The first kappa shape index (κ1) is 31.2. The average Bonchev–Trinajstić information content (AvgIpc) is 3.48. The van der Waals surface area contributed by atoms with Crippen LogP contribution < -0.4 is 10.6 Å². The van der Waals surface area contributed by atoms with Crippen molar-refractivity contribution >= 4 is 40.2 Å². The predicted octanol–water partition coefficient (Wildman–Crippen LogP) is 5.81. The fourth-order valence-corrected chi connectivity index (χ4v) is 7.37. The molecule has 3 aliphatic heterocycles. The monoisotopic (exact) mass is 612 g/mol. The topological polar surface area (TPSA) is 79.9 Å². The van der Waals surface area contributed by atoms with Crippen LogP contribution in [0.15, 0.2) is 47.4 Å². The molecule has 5 atom stereocenters. The van der Waals surface area contributed by atoms with Gasteiger partial charge in [-0.05, 0) is 69.2 Å². The van der Waals surface area contributed by atoms with E-state index in [1.165, 1.54) is 10.5 Å². The highest BCUT2D eigenvalue weighted by Gasteiger charge is 2.40. The molecular formula is C33H46N3O4S2+. The molecule has 228 valence electrons. The quantitative estimate of drug-likeness (QED) is 0.260. The molecule has 9 heteroatoms. The Balaban J connectivity index is 1.10. The van der Waals surface area contributed by atoms with Gasteiger partial charge in [-0.25, -0.2) is 0 Å². The summed E-state index contributed by atoms with van der Waals surface area (Å²) in [5.74, 6) is 0.712. The minimum atomic E-state index is -0.0985. The van der Waals surface area contributed by atoms with Crippen molar-refractivity contribution in [3.63, 3.8) is 0 Å². The number of carbonyl (C=O) groups is 2. The molecule has 2 bridgehead atoms. The van der Waals surface area contributed by atoms with Crippen molar-refractivity contribution in [1.29, 1.82) is 0 Å². The number of thioether (sulfide) groups is 1. The van der Waals surface area contributed by atoms with Gasteiger partial charge < -0.3 is 25.0 Å². The van der Waals surface area contributed by atoms with Crippen molar-refractivity contribution in [1.82, 2.24) is 10.2 Å². The maximum atomic E-state index is 13.1. The molecule has 5 rings (SSSR count). The Labute approximate surface area is 258 Å². The van der Waals surface area contributed by atoms with Crippen LogP contribution in [-0.4, -0.2) is 65.2 Å². The highest BCUT2D eigenvalue weighted by molar-refractivity contribution is 7.98. The summed E-state index contributed by atoms with van der Waals surface area (Å²) < 4.78 is 12.8. The highest BCUT2D eigenvalue weighted by Crippen LogP contribution is 2.41. The number of likely N-dealkylation sites (tertiary alicyclic amines) is 1. The van der Waals surface area contributed by atoms with Crippen molar-refractivity contribution in [2.24, 2.45) is 0 Å². The van der Waals surface area contributed by atoms with Gasteiger partial charge in [0.1, 0.15) is 17.1 Å². The summed E-state index contributed by atoms with van der Waals surface area (Å²) in [5, 5.41) is 6.70. The van der Waals surface area contributed by atoms with Crippen molar-refractivity contribution in [2.75, 3.05) is 36.9 Å². The smallest absolute Gasteiger partial charge is 0.223 e. The number of nitrogens with one attached hydrogen (secondary N) is 2. The Kier molecular flexibility index (Phi) is 10.1. The maximum Gasteiger partial charge on any atom is 0.223 e. The Morgan fingerprint density at radius 1 is 1.17 bits per heavy atom. The summed E-state index contributed by atoms with van der Waals surface area (Å²) in [6.07, 6.45) is 7.69. The largest absolute Gasteiger partial charge is 0.379 e. The summed E-state index contributed by atoms with van der Waals surface area (Å²) in [4.78, 5) is 29.0. The van der Waals surface area contributed by atoms with E-state index in [-0.39, 0.29) is 64.6 Å². The van der Waals surface area contributed by atoms with Gasteiger partial charge in [-0.1, -0.05) is 24.3 Å². The molecule has 3 heterocycles. The second kappa shape index (κ2) is 13.6. The first-order valence-corrected chi connectivity index (χ1v) is 18.1. The van der Waals surface area contributed by atoms with Crippen LogP contribution in [0.1, 0.15) is 81.7 Å². The molecule has 0 saturated carbocycles. The van der Waals surface area contributed by atoms with E-state index in [1.54, 1.807) is 11.8 Å². The number of amides is 2. The van der Waals surface area contributed by atoms with Gasteiger partial charge in [0.25, 0.3) is 0 Å². The second-order valence-corrected chi connectivity index (χ2v) is 16.1. The summed E-state index contributed by atoms with van der Waals surface area (Å²) in [7, 11) is 0.170. The van der Waals surface area contributed by atoms with E-state index in [0.717, 1.165) is 48.6 Å². The van der Waals surface area contributed by atoms with Gasteiger partial charge in [0.05, 0.1) is 24.8 Å². The predicted molar refractivity (Wildman–Crippen MR) is 173 cm³/mol. The molecule has 0 aromatic heterocycles. The molecule has 0 aliphatic carbocycles. The molecule has 2 fully saturated rings. The molecule has 0 radical (unpaired) electrons. The van der Waals surface area contributed by atoms with Crippen molar-refractivity contribution < 1.29 is 19.1 Å². The van der Waals surface area contributed by atoms with Gasteiger partial charge in [0.2, 0.25) is 17.8 Å². The van der Waals surface area contributed by atoms with Gasteiger partial charge in [-0.2, -0.15) is 0 Å². The number of nitrogens with zero attached hydrogens (tertiary/aromatic N) is 1. The van der Waals surface area contributed by atoms with Gasteiger partial charge in [0, 0.05) is 59.4 Å². The third-order valence-corrected chi connectivity index (χ3v) is 12.2. The Morgan fingerprint density at radius 2 is 1.98 bits per heavy atom. The summed E-state index contributed by atoms with van der Waals surface area (Å²) >= 11 is 1.72. The molecule has 2 saturated heterocycles. The van der Waals surface area contributed by atoms with Crippen LogP contribution >= 0.6 is 11.8 Å². The number of fused-ring (bicyclic) bond motifs is 4. The number of hydrogen-bond acceptors (Lipinski definition) is 6. The van der Waals surface area contributed by atoms with Crippen LogP contribution in [0.2, 0.25) is 0 Å². The molecule has 0 spiro atoms. The third-order valence-electron chi connectivity index (χ3n) is 8.81. The summed E-state index contributed by atoms with van der Waals surface area (Å²) in [5.41, 5.74) is 4.47. The molecule has 1 unspecified atom stereocenters. The standard InChI is InChI=1S/C33H45N3O4S2/c1-33(2,3)42(5)21-40-29-20-39-28-18-26(29)35-25-13-12-22(17-24(25)28)19-34-31(37)14-15-32(38)36-16-8-10-27(36)23-9-6-7-11-30(23)41-4/h6-7,9,11-13,17,26-29,35H,8,10,14-16,18-21H2,1-5H3/p+1/t26-,27+,28+,29+,42?/m0/s1. The van der Waals surface area contributed by atoms with Crippen molar-refractivity contribution in [2.45, 2.75) is 93.4 Å². The van der Waals surface area contributed by atoms with E-state index < -0.39 is 0 Å². The number of benzene rings is 2. The molecule has 42 heavy (non-hydrogen) atoms. The van der Waals surface area contributed by atoms with Crippen LogP contribution in [0.5, 0.6) is 0 Å². The van der Waals surface area contributed by atoms with Crippen LogP contribution in [0, 0.1) is 0 Å². The fraction of sp³-hybridized carbons (Fsp3) is 0.576. The van der Waals surface area contributed by atoms with Crippen LogP contribution in [-0.2, 0) is 36.5 Å². The van der Waals surface area contributed by atoms with E-state index in [4.69, 9.17) is 9.47 Å².